The van der Waals surface area contributed by atoms with Crippen LogP contribution in [0.25, 0.3) is 5.57 Å². The number of hydrogen-bond acceptors (Lipinski definition) is 8. The molecule has 0 spiro atoms. The zero-order chi connectivity index (χ0) is 35.6. The molecule has 4 rings (SSSR count). The van der Waals surface area contributed by atoms with Gasteiger partial charge in [-0.15, -0.1) is 0 Å². The summed E-state index contributed by atoms with van der Waals surface area (Å²) in [5.74, 6) is -3.68. The molecule has 0 saturated carbocycles. The minimum absolute atomic E-state index is 0.0490. The van der Waals surface area contributed by atoms with Crippen LogP contribution in [0.4, 0.5) is 0 Å². The highest BCUT2D eigenvalue weighted by atomic mass is 16.6. The first-order chi connectivity index (χ1) is 24.4. The van der Waals surface area contributed by atoms with Crippen LogP contribution in [0.15, 0.2) is 151 Å². The molecule has 0 radical (unpaired) electrons. The molecule has 0 aliphatic heterocycles. The molecule has 4 aromatic rings. The molecule has 0 fully saturated rings. The van der Waals surface area contributed by atoms with Crippen LogP contribution in [0.1, 0.15) is 48.4 Å². The predicted octanol–water partition coefficient (Wildman–Crippen LogP) is 7.41. The van der Waals surface area contributed by atoms with Crippen LogP contribution in [0.3, 0.4) is 0 Å². The smallest absolute Gasteiger partial charge is 0.345 e. The zero-order valence-electron chi connectivity index (χ0n) is 28.2. The lowest BCUT2D eigenvalue weighted by Gasteiger charge is -2.17. The van der Waals surface area contributed by atoms with Crippen LogP contribution in [0.2, 0.25) is 0 Å². The fourth-order valence-corrected chi connectivity index (χ4v) is 5.14. The lowest BCUT2D eigenvalue weighted by molar-refractivity contribution is -0.153. The Bertz CT molecular complexity index is 1710. The normalized spacial score (nSPS) is 11.3. The summed E-state index contributed by atoms with van der Waals surface area (Å²) in [6.45, 7) is 2.65. The van der Waals surface area contributed by atoms with Gasteiger partial charge in [-0.3, -0.25) is 0 Å². The number of benzene rings is 4. The van der Waals surface area contributed by atoms with Crippen molar-refractivity contribution in [2.45, 2.75) is 26.2 Å². The minimum atomic E-state index is -0.953. The van der Waals surface area contributed by atoms with E-state index < -0.39 is 23.9 Å². The van der Waals surface area contributed by atoms with E-state index in [4.69, 9.17) is 18.9 Å². The Kier molecular flexibility index (Phi) is 14.5. The number of rotatable bonds is 16. The SMILES string of the molecule is CCOC(=O)/C(=C/C=C(c1ccccc1)c1ccccc1)C(=O)OCCOC(=O)/C(=C\CC(c1ccccc1)c1ccccc1)C(=O)OCC. The first kappa shape index (κ1) is 36.8. The van der Waals surface area contributed by atoms with E-state index in [2.05, 4.69) is 0 Å². The van der Waals surface area contributed by atoms with E-state index in [0.717, 1.165) is 27.8 Å². The highest BCUT2D eigenvalue weighted by molar-refractivity contribution is 6.15. The molecule has 0 aliphatic carbocycles. The van der Waals surface area contributed by atoms with Crippen LogP contribution in [0, 0.1) is 0 Å². The maximum atomic E-state index is 13.1. The third-order valence-corrected chi connectivity index (χ3v) is 7.53. The van der Waals surface area contributed by atoms with Crippen molar-refractivity contribution in [2.75, 3.05) is 26.4 Å². The van der Waals surface area contributed by atoms with Gasteiger partial charge in [-0.2, -0.15) is 0 Å². The number of ether oxygens (including phenoxy) is 4. The number of carbonyl (C=O) groups excluding carboxylic acids is 4. The van der Waals surface area contributed by atoms with Crippen molar-refractivity contribution in [3.8, 4) is 0 Å². The van der Waals surface area contributed by atoms with E-state index in [9.17, 15) is 19.2 Å². The van der Waals surface area contributed by atoms with Crippen LogP contribution in [0.5, 0.6) is 0 Å². The van der Waals surface area contributed by atoms with Gasteiger partial charge >= 0.3 is 23.9 Å². The Morgan fingerprint density at radius 1 is 0.500 bits per heavy atom. The molecule has 0 bridgehead atoms. The van der Waals surface area contributed by atoms with E-state index in [1.807, 2.05) is 121 Å². The van der Waals surface area contributed by atoms with Gasteiger partial charge < -0.3 is 18.9 Å². The van der Waals surface area contributed by atoms with Gasteiger partial charge in [-0.1, -0.05) is 133 Å². The fraction of sp³-hybridized carbons (Fsp3) is 0.190. The van der Waals surface area contributed by atoms with Crippen LogP contribution >= 0.6 is 0 Å². The van der Waals surface area contributed by atoms with Crippen molar-refractivity contribution >= 4 is 29.5 Å². The molecule has 0 unspecified atom stereocenters. The van der Waals surface area contributed by atoms with Crippen molar-refractivity contribution in [3.05, 3.63) is 173 Å². The topological polar surface area (TPSA) is 105 Å². The Labute approximate surface area is 292 Å². The first-order valence-electron chi connectivity index (χ1n) is 16.4. The monoisotopic (exact) mass is 672 g/mol. The molecular formula is C42H40O8. The van der Waals surface area contributed by atoms with Crippen molar-refractivity contribution in [2.24, 2.45) is 0 Å². The van der Waals surface area contributed by atoms with Gasteiger partial charge in [0.15, 0.2) is 0 Å². The summed E-state index contributed by atoms with van der Waals surface area (Å²) >= 11 is 0. The predicted molar refractivity (Wildman–Crippen MR) is 191 cm³/mol. The average molecular weight is 673 g/mol. The van der Waals surface area contributed by atoms with Crippen LogP contribution < -0.4 is 0 Å². The van der Waals surface area contributed by atoms with Gasteiger partial charge in [0.1, 0.15) is 24.4 Å². The van der Waals surface area contributed by atoms with Crippen LogP contribution in [-0.4, -0.2) is 50.3 Å². The third kappa shape index (κ3) is 10.8. The standard InChI is InChI=1S/C42H40O8/c1-3-47-39(43)37(27-25-35(31-17-9-5-10-18-31)32-19-11-6-12-20-32)41(45)49-29-30-50-42(46)38(40(44)48-4-2)28-26-36(33-21-13-7-14-22-33)34-23-15-8-16-24-34/h5-25,27-28,36H,3-4,26,29-30H2,1-2H3/b37-27-,38-28-. The lowest BCUT2D eigenvalue weighted by Crippen LogP contribution is -2.23. The molecule has 0 aliphatic rings. The molecule has 8 nitrogen and oxygen atoms in total. The van der Waals surface area contributed by atoms with E-state index in [-0.39, 0.29) is 43.5 Å². The maximum Gasteiger partial charge on any atom is 0.345 e. The highest BCUT2D eigenvalue weighted by Crippen LogP contribution is 2.29. The van der Waals surface area contributed by atoms with E-state index in [1.165, 1.54) is 12.2 Å². The van der Waals surface area contributed by atoms with Gasteiger partial charge in [0, 0.05) is 5.92 Å². The molecule has 50 heavy (non-hydrogen) atoms. The van der Waals surface area contributed by atoms with Crippen molar-refractivity contribution in [1.29, 1.82) is 0 Å². The Hall–Kier alpha value is -6.02. The van der Waals surface area contributed by atoms with E-state index >= 15 is 0 Å². The molecule has 0 N–H and O–H groups in total. The van der Waals surface area contributed by atoms with E-state index in [1.54, 1.807) is 19.9 Å². The summed E-state index contributed by atoms with van der Waals surface area (Å²) in [7, 11) is 0. The lowest BCUT2D eigenvalue weighted by atomic mass is 9.88. The van der Waals surface area contributed by atoms with Crippen molar-refractivity contribution in [3.63, 3.8) is 0 Å². The molecule has 0 saturated heterocycles. The Morgan fingerprint density at radius 3 is 1.32 bits per heavy atom. The van der Waals surface area contributed by atoms with Gasteiger partial charge in [0.05, 0.1) is 13.2 Å². The molecular weight excluding hydrogens is 632 g/mol. The van der Waals surface area contributed by atoms with Crippen LogP contribution in [-0.2, 0) is 38.1 Å². The van der Waals surface area contributed by atoms with Gasteiger partial charge in [-0.05, 0) is 54.2 Å². The van der Waals surface area contributed by atoms with Gasteiger partial charge in [0.2, 0.25) is 0 Å². The molecule has 8 heteroatoms. The fourth-order valence-electron chi connectivity index (χ4n) is 5.14. The maximum absolute atomic E-state index is 13.1. The van der Waals surface area contributed by atoms with Gasteiger partial charge in [-0.25, -0.2) is 19.2 Å². The second kappa shape index (κ2) is 19.7. The number of carbonyl (C=O) groups is 4. The third-order valence-electron chi connectivity index (χ3n) is 7.53. The van der Waals surface area contributed by atoms with Gasteiger partial charge in [0.25, 0.3) is 0 Å². The first-order valence-corrected chi connectivity index (χ1v) is 16.4. The second-order valence-corrected chi connectivity index (χ2v) is 10.8. The summed E-state index contributed by atoms with van der Waals surface area (Å²) in [5, 5.41) is 0. The molecule has 4 aromatic carbocycles. The quantitative estimate of drug-likeness (QED) is 0.0231. The molecule has 256 valence electrons. The number of allylic oxidation sites excluding steroid dienone is 3. The Morgan fingerprint density at radius 2 is 0.880 bits per heavy atom. The Balaban J connectivity index is 1.47. The summed E-state index contributed by atoms with van der Waals surface area (Å²) in [6, 6.07) is 38.6. The second-order valence-electron chi connectivity index (χ2n) is 10.8. The summed E-state index contributed by atoms with van der Waals surface area (Å²) < 4.78 is 20.9. The summed E-state index contributed by atoms with van der Waals surface area (Å²) in [4.78, 5) is 51.9. The largest absolute Gasteiger partial charge is 0.462 e. The number of hydrogen-bond donors (Lipinski definition) is 0. The van der Waals surface area contributed by atoms with Crippen molar-refractivity contribution in [1.82, 2.24) is 0 Å². The molecule has 0 aromatic heterocycles. The zero-order valence-corrected chi connectivity index (χ0v) is 28.2. The molecule has 0 atom stereocenters. The molecule has 0 heterocycles. The highest BCUT2D eigenvalue weighted by Gasteiger charge is 2.24. The average Bonchev–Trinajstić information content (AvgIpc) is 3.15. The molecule has 0 amide bonds. The number of esters is 4. The summed E-state index contributed by atoms with van der Waals surface area (Å²) in [6.07, 6.45) is 4.86. The summed E-state index contributed by atoms with van der Waals surface area (Å²) in [5.41, 5.74) is 3.96. The minimum Gasteiger partial charge on any atom is -0.462 e. The van der Waals surface area contributed by atoms with Crippen molar-refractivity contribution < 1.29 is 38.1 Å². The van der Waals surface area contributed by atoms with E-state index in [0.29, 0.717) is 6.42 Å².